The number of benzene rings is 2. The van der Waals surface area contributed by atoms with Crippen LogP contribution in [0.3, 0.4) is 0 Å². The molecule has 8 atom stereocenters. The van der Waals surface area contributed by atoms with E-state index in [4.69, 9.17) is 8.37 Å². The highest BCUT2D eigenvalue weighted by molar-refractivity contribution is 7.86. The number of hydrogen-bond donors (Lipinski definition) is 4. The zero-order valence-corrected chi connectivity index (χ0v) is 29.2. The minimum atomic E-state index is -3.62. The van der Waals surface area contributed by atoms with E-state index in [1.165, 1.54) is 24.3 Å². The van der Waals surface area contributed by atoms with E-state index in [9.17, 15) is 46.0 Å². The van der Waals surface area contributed by atoms with Crippen molar-refractivity contribution in [2.24, 2.45) is 23.7 Å². The molecule has 0 radical (unpaired) electrons. The van der Waals surface area contributed by atoms with Crippen molar-refractivity contribution in [3.05, 3.63) is 71.3 Å². The van der Waals surface area contributed by atoms with Crippen LogP contribution in [0.25, 0.3) is 0 Å². The number of hydrogen-bond acceptors (Lipinski definition) is 10. The molecule has 14 heteroatoms. The lowest BCUT2D eigenvalue weighted by Gasteiger charge is -2.40. The quantitative estimate of drug-likeness (QED) is 0.209. The van der Waals surface area contributed by atoms with E-state index in [-0.39, 0.29) is 79.2 Å². The summed E-state index contributed by atoms with van der Waals surface area (Å²) in [5.74, 6) is -2.63. The molecule has 2 aromatic rings. The topological polar surface area (TPSA) is 168 Å². The van der Waals surface area contributed by atoms with Gasteiger partial charge in [0.25, 0.3) is 20.2 Å². The van der Waals surface area contributed by atoms with Gasteiger partial charge in [-0.05, 0) is 97.6 Å². The summed E-state index contributed by atoms with van der Waals surface area (Å²) in [6, 6.07) is 11.7. The minimum absolute atomic E-state index is 0.00201. The Labute approximate surface area is 283 Å². The van der Waals surface area contributed by atoms with E-state index in [1.807, 2.05) is 0 Å². The fraction of sp³-hybridized carbons (Fsp3) is 0.647. The average molecular weight is 721 g/mol. The van der Waals surface area contributed by atoms with Crippen LogP contribution in [0.15, 0.2) is 48.5 Å². The van der Waals surface area contributed by atoms with Crippen molar-refractivity contribution in [1.29, 1.82) is 0 Å². The molecule has 4 rings (SSSR count). The summed E-state index contributed by atoms with van der Waals surface area (Å²) < 4.78 is 83.7. The van der Waals surface area contributed by atoms with E-state index in [0.29, 0.717) is 38.5 Å². The maximum atomic E-state index is 13.2. The first-order valence-corrected chi connectivity index (χ1v) is 19.7. The van der Waals surface area contributed by atoms with Gasteiger partial charge in [-0.3, -0.25) is 8.37 Å². The second kappa shape index (κ2) is 18.8. The zero-order valence-electron chi connectivity index (χ0n) is 27.5. The van der Waals surface area contributed by atoms with E-state index in [0.717, 1.165) is 11.1 Å². The van der Waals surface area contributed by atoms with Gasteiger partial charge in [0.2, 0.25) is 0 Å². The van der Waals surface area contributed by atoms with Crippen molar-refractivity contribution in [3.63, 3.8) is 0 Å². The molecule has 2 saturated carbocycles. The number of aliphatic hydroxyl groups is 4. The van der Waals surface area contributed by atoms with E-state index in [2.05, 4.69) is 0 Å². The maximum Gasteiger partial charge on any atom is 0.267 e. The molecule has 2 aliphatic carbocycles. The van der Waals surface area contributed by atoms with Gasteiger partial charge in [-0.2, -0.15) is 16.8 Å². The maximum absolute atomic E-state index is 13.2. The van der Waals surface area contributed by atoms with Crippen LogP contribution in [-0.2, 0) is 28.6 Å². The molecule has 0 spiro atoms. The normalized spacial score (nSPS) is 28.0. The molecule has 0 unspecified atom stereocenters. The molecular formula is C34H50F2O10S2. The van der Waals surface area contributed by atoms with Crippen molar-refractivity contribution in [2.75, 3.05) is 37.9 Å². The van der Waals surface area contributed by atoms with Crippen LogP contribution < -0.4 is 0 Å². The zero-order chi connectivity index (χ0) is 35.5. The van der Waals surface area contributed by atoms with Crippen LogP contribution >= 0.6 is 0 Å². The van der Waals surface area contributed by atoms with Gasteiger partial charge in [-0.1, -0.05) is 38.1 Å². The first kappa shape index (κ1) is 40.4. The molecule has 0 aliphatic heterocycles. The van der Waals surface area contributed by atoms with Gasteiger partial charge >= 0.3 is 0 Å². The summed E-state index contributed by atoms with van der Waals surface area (Å²) >= 11 is 0. The molecule has 48 heavy (non-hydrogen) atoms. The SMILES string of the molecule is CCCS(=O)(=O)OC[C@@H]1[C@@H](CO)CC[C@H](O)[C@H]1c1ccc(F)cc1.CCCS(=O)(=O)OC[C@H]1CC[C@H](O)[C@@H](c2ccc(F)cc2)[C@@H]1CO. The van der Waals surface area contributed by atoms with Crippen LogP contribution in [0.5, 0.6) is 0 Å². The summed E-state index contributed by atoms with van der Waals surface area (Å²) in [6.07, 6.45) is 1.76. The average Bonchev–Trinajstić information content (AvgIpc) is 3.04. The van der Waals surface area contributed by atoms with Crippen molar-refractivity contribution >= 4 is 20.2 Å². The van der Waals surface area contributed by atoms with Crippen molar-refractivity contribution in [2.45, 2.75) is 76.4 Å². The Morgan fingerprint density at radius 1 is 0.625 bits per heavy atom. The summed E-state index contributed by atoms with van der Waals surface area (Å²) in [5, 5.41) is 40.2. The monoisotopic (exact) mass is 720 g/mol. The summed E-state index contributed by atoms with van der Waals surface area (Å²) in [7, 11) is -7.17. The lowest BCUT2D eigenvalue weighted by molar-refractivity contribution is 0.00183. The fourth-order valence-corrected chi connectivity index (χ4v) is 8.93. The highest BCUT2D eigenvalue weighted by Gasteiger charge is 2.41. The smallest absolute Gasteiger partial charge is 0.267 e. The van der Waals surface area contributed by atoms with E-state index in [1.54, 1.807) is 38.1 Å². The van der Waals surface area contributed by atoms with Gasteiger partial charge in [-0.15, -0.1) is 0 Å². The van der Waals surface area contributed by atoms with Crippen LogP contribution in [-0.4, -0.2) is 87.4 Å². The van der Waals surface area contributed by atoms with Gasteiger partial charge in [0, 0.05) is 25.0 Å². The Morgan fingerprint density at radius 3 is 1.46 bits per heavy atom. The molecule has 272 valence electrons. The number of rotatable bonds is 14. The fourth-order valence-electron chi connectivity index (χ4n) is 6.95. The third-order valence-electron chi connectivity index (χ3n) is 9.39. The molecule has 0 heterocycles. The number of halogens is 2. The predicted octanol–water partition coefficient (Wildman–Crippen LogP) is 4.09. The molecule has 0 saturated heterocycles. The molecule has 2 aliphatic rings. The standard InChI is InChI=1S/2C17H25FO5S/c1-2-9-24(21,22)23-11-13-5-8-16(20)17(15(13)10-19)12-3-6-14(18)7-4-12;1-2-9-24(21,22)23-11-15-13(10-19)5-8-16(20)17(15)12-3-6-14(18)7-4-12/h2*3-4,6-7,13,15-17,19-20H,2,5,8-11H2,1H3/t2*13-,15-,16+,17+/m11/s1. The van der Waals surface area contributed by atoms with Gasteiger partial charge < -0.3 is 20.4 Å². The third kappa shape index (κ3) is 11.5. The summed E-state index contributed by atoms with van der Waals surface area (Å²) in [6.45, 7) is 3.12. The third-order valence-corrected chi connectivity index (χ3v) is 12.2. The molecule has 2 fully saturated rings. The highest BCUT2D eigenvalue weighted by Crippen LogP contribution is 2.43. The molecule has 0 amide bonds. The Bertz CT molecular complexity index is 1460. The van der Waals surface area contributed by atoms with Crippen molar-refractivity contribution in [3.8, 4) is 0 Å². The minimum Gasteiger partial charge on any atom is -0.396 e. The van der Waals surface area contributed by atoms with Gasteiger partial charge in [0.15, 0.2) is 0 Å². The molecule has 0 bridgehead atoms. The van der Waals surface area contributed by atoms with Crippen LogP contribution in [0.2, 0.25) is 0 Å². The predicted molar refractivity (Wildman–Crippen MR) is 177 cm³/mol. The Kier molecular flexibility index (Phi) is 15.8. The second-order valence-corrected chi connectivity index (χ2v) is 16.3. The molecule has 2 aromatic carbocycles. The first-order valence-electron chi connectivity index (χ1n) is 16.6. The van der Waals surface area contributed by atoms with Gasteiger partial charge in [0.05, 0.1) is 36.9 Å². The van der Waals surface area contributed by atoms with Gasteiger partial charge in [-0.25, -0.2) is 8.78 Å². The largest absolute Gasteiger partial charge is 0.396 e. The van der Waals surface area contributed by atoms with Crippen LogP contribution in [0.1, 0.15) is 75.3 Å². The van der Waals surface area contributed by atoms with Crippen LogP contribution in [0, 0.1) is 35.3 Å². The first-order chi connectivity index (χ1) is 22.8. The molecule has 10 nitrogen and oxygen atoms in total. The second-order valence-electron chi connectivity index (χ2n) is 12.7. The summed E-state index contributed by atoms with van der Waals surface area (Å²) in [4.78, 5) is 0. The van der Waals surface area contributed by atoms with Crippen molar-refractivity contribution < 1.29 is 54.4 Å². The Morgan fingerprint density at radius 2 is 1.04 bits per heavy atom. The lowest BCUT2D eigenvalue weighted by atomic mass is 9.68. The molecule has 0 aromatic heterocycles. The number of aliphatic hydroxyl groups excluding tert-OH is 4. The van der Waals surface area contributed by atoms with Gasteiger partial charge in [0.1, 0.15) is 11.6 Å². The van der Waals surface area contributed by atoms with E-state index < -0.39 is 38.4 Å². The molecular weight excluding hydrogens is 670 g/mol. The Balaban J connectivity index is 0.000000260. The van der Waals surface area contributed by atoms with Crippen molar-refractivity contribution in [1.82, 2.24) is 0 Å². The lowest BCUT2D eigenvalue weighted by Crippen LogP contribution is -2.40. The summed E-state index contributed by atoms with van der Waals surface area (Å²) in [5.41, 5.74) is 1.47. The van der Waals surface area contributed by atoms with E-state index >= 15 is 0 Å². The highest BCUT2D eigenvalue weighted by atomic mass is 32.2. The Hall–Kier alpha value is -2.04. The van der Waals surface area contributed by atoms with Crippen LogP contribution in [0.4, 0.5) is 8.78 Å². The molecule has 4 N–H and O–H groups in total.